The quantitative estimate of drug-likeness (QED) is 0.841. The number of benzene rings is 1. The maximum atomic E-state index is 12.2. The second-order valence-electron chi connectivity index (χ2n) is 5.29. The van der Waals surface area contributed by atoms with E-state index in [0.29, 0.717) is 15.7 Å². The molecular weight excluding hydrogens is 311 g/mol. The van der Waals surface area contributed by atoms with Gasteiger partial charge in [0.15, 0.2) is 0 Å². The molecule has 1 saturated carbocycles. The predicted molar refractivity (Wildman–Crippen MR) is 84.7 cm³/mol. The minimum atomic E-state index is -0.688. The highest BCUT2D eigenvalue weighted by Gasteiger charge is 2.26. The summed E-state index contributed by atoms with van der Waals surface area (Å²) in [6, 6.07) is 4.87. The summed E-state index contributed by atoms with van der Waals surface area (Å²) in [6.07, 6.45) is 5.30. The van der Waals surface area contributed by atoms with Crippen LogP contribution >= 0.6 is 23.2 Å². The fourth-order valence-corrected chi connectivity index (χ4v) is 2.90. The first-order chi connectivity index (χ1) is 9.99. The highest BCUT2D eigenvalue weighted by atomic mass is 35.5. The van der Waals surface area contributed by atoms with Gasteiger partial charge in [0.2, 0.25) is 0 Å². The summed E-state index contributed by atoms with van der Waals surface area (Å²) >= 11 is 11.8. The molecular formula is C15H18Cl2N2O2. The van der Waals surface area contributed by atoms with E-state index in [2.05, 4.69) is 5.32 Å². The molecule has 1 aromatic carbocycles. The van der Waals surface area contributed by atoms with Crippen LogP contribution in [0.4, 0.5) is 5.69 Å². The van der Waals surface area contributed by atoms with Gasteiger partial charge in [-0.05, 0) is 31.0 Å². The van der Waals surface area contributed by atoms with Gasteiger partial charge in [0.25, 0.3) is 0 Å². The molecule has 0 spiro atoms. The summed E-state index contributed by atoms with van der Waals surface area (Å²) in [5.74, 6) is -1.23. The summed E-state index contributed by atoms with van der Waals surface area (Å²) in [5.41, 5.74) is 0.347. The van der Waals surface area contributed by atoms with Crippen molar-refractivity contribution in [2.75, 3.05) is 12.4 Å². The van der Waals surface area contributed by atoms with Crippen LogP contribution in [0.15, 0.2) is 18.2 Å². The molecule has 6 heteroatoms. The van der Waals surface area contributed by atoms with Crippen molar-refractivity contribution in [3.05, 3.63) is 28.2 Å². The van der Waals surface area contributed by atoms with Gasteiger partial charge in [0.05, 0.1) is 10.7 Å². The molecule has 0 radical (unpaired) electrons. The molecule has 0 aromatic heterocycles. The highest BCUT2D eigenvalue weighted by Crippen LogP contribution is 2.26. The number of amides is 2. The maximum Gasteiger partial charge on any atom is 0.313 e. The first-order valence-electron chi connectivity index (χ1n) is 7.02. The van der Waals surface area contributed by atoms with Gasteiger partial charge in [0.1, 0.15) is 0 Å². The maximum absolute atomic E-state index is 12.2. The number of nitrogens with zero attached hydrogens (tertiary/aromatic N) is 1. The Morgan fingerprint density at radius 3 is 2.52 bits per heavy atom. The second-order valence-corrected chi connectivity index (χ2v) is 6.13. The van der Waals surface area contributed by atoms with Gasteiger partial charge in [-0.25, -0.2) is 0 Å². The van der Waals surface area contributed by atoms with Crippen molar-refractivity contribution in [1.29, 1.82) is 0 Å². The Balaban J connectivity index is 2.01. The van der Waals surface area contributed by atoms with Crippen molar-refractivity contribution in [3.63, 3.8) is 0 Å². The van der Waals surface area contributed by atoms with Crippen LogP contribution in [0.2, 0.25) is 10.0 Å². The number of hydrogen-bond donors (Lipinski definition) is 1. The van der Waals surface area contributed by atoms with Gasteiger partial charge in [-0.3, -0.25) is 9.59 Å². The van der Waals surface area contributed by atoms with E-state index >= 15 is 0 Å². The molecule has 1 aliphatic rings. The lowest BCUT2D eigenvalue weighted by Crippen LogP contribution is -2.44. The summed E-state index contributed by atoms with van der Waals surface area (Å²) < 4.78 is 0. The third kappa shape index (κ3) is 4.11. The van der Waals surface area contributed by atoms with E-state index < -0.39 is 11.8 Å². The molecule has 0 saturated heterocycles. The summed E-state index contributed by atoms with van der Waals surface area (Å²) in [5, 5.41) is 3.32. The van der Waals surface area contributed by atoms with E-state index in [1.165, 1.54) is 17.4 Å². The zero-order valence-electron chi connectivity index (χ0n) is 11.9. The molecule has 114 valence electrons. The Morgan fingerprint density at radius 2 is 1.86 bits per heavy atom. The summed E-state index contributed by atoms with van der Waals surface area (Å²) in [6.45, 7) is 0. The lowest BCUT2D eigenvalue weighted by atomic mass is 9.94. The van der Waals surface area contributed by atoms with Gasteiger partial charge in [0, 0.05) is 18.1 Å². The predicted octanol–water partition coefficient (Wildman–Crippen LogP) is 3.72. The van der Waals surface area contributed by atoms with Crippen LogP contribution in [0.3, 0.4) is 0 Å². The van der Waals surface area contributed by atoms with Gasteiger partial charge in [-0.2, -0.15) is 0 Å². The van der Waals surface area contributed by atoms with E-state index in [9.17, 15) is 9.59 Å². The standard InChI is InChI=1S/C15H18Cl2N2O2/c1-19(11-5-3-2-4-6-11)15(21)14(20)18-13-9-10(16)7-8-12(13)17/h7-9,11H,2-6H2,1H3,(H,18,20). The average molecular weight is 329 g/mol. The summed E-state index contributed by atoms with van der Waals surface area (Å²) in [7, 11) is 1.68. The summed E-state index contributed by atoms with van der Waals surface area (Å²) in [4.78, 5) is 25.8. The SMILES string of the molecule is CN(C(=O)C(=O)Nc1cc(Cl)ccc1Cl)C1CCCCC1. The van der Waals surface area contributed by atoms with Crippen LogP contribution in [0.1, 0.15) is 32.1 Å². The van der Waals surface area contributed by atoms with E-state index in [4.69, 9.17) is 23.2 Å². The van der Waals surface area contributed by atoms with Gasteiger partial charge < -0.3 is 10.2 Å². The van der Waals surface area contributed by atoms with Crippen molar-refractivity contribution >= 4 is 40.7 Å². The normalized spacial score (nSPS) is 15.6. The molecule has 2 amide bonds. The Labute approximate surface area is 134 Å². The smallest absolute Gasteiger partial charge is 0.313 e. The van der Waals surface area contributed by atoms with Gasteiger partial charge in [-0.1, -0.05) is 42.5 Å². The Kier molecular flexibility index (Phi) is 5.48. The van der Waals surface area contributed by atoms with Crippen LogP contribution in [0.25, 0.3) is 0 Å². The molecule has 21 heavy (non-hydrogen) atoms. The molecule has 2 rings (SSSR count). The van der Waals surface area contributed by atoms with Crippen molar-refractivity contribution in [2.24, 2.45) is 0 Å². The fourth-order valence-electron chi connectivity index (χ4n) is 2.56. The number of likely N-dealkylation sites (N-methyl/N-ethyl adjacent to an activating group) is 1. The zero-order chi connectivity index (χ0) is 15.4. The van der Waals surface area contributed by atoms with Crippen molar-refractivity contribution in [3.8, 4) is 0 Å². The van der Waals surface area contributed by atoms with Crippen LogP contribution < -0.4 is 5.32 Å². The van der Waals surface area contributed by atoms with Crippen LogP contribution in [0.5, 0.6) is 0 Å². The number of carbonyl (C=O) groups excluding carboxylic acids is 2. The highest BCUT2D eigenvalue weighted by molar-refractivity contribution is 6.42. The molecule has 0 atom stereocenters. The van der Waals surface area contributed by atoms with Crippen LogP contribution in [-0.4, -0.2) is 29.8 Å². The first kappa shape index (κ1) is 16.1. The number of halogens is 2. The van der Waals surface area contributed by atoms with E-state index in [-0.39, 0.29) is 6.04 Å². The third-order valence-corrected chi connectivity index (χ3v) is 4.38. The molecule has 1 aliphatic carbocycles. The molecule has 4 nitrogen and oxygen atoms in total. The lowest BCUT2D eigenvalue weighted by molar-refractivity contribution is -0.144. The van der Waals surface area contributed by atoms with Crippen molar-refractivity contribution in [1.82, 2.24) is 4.90 Å². The van der Waals surface area contributed by atoms with Gasteiger partial charge >= 0.3 is 11.8 Å². The van der Waals surface area contributed by atoms with Crippen LogP contribution in [-0.2, 0) is 9.59 Å². The van der Waals surface area contributed by atoms with Gasteiger partial charge in [-0.15, -0.1) is 0 Å². The Bertz CT molecular complexity index is 542. The molecule has 0 unspecified atom stereocenters. The Hall–Kier alpha value is -1.26. The number of carbonyl (C=O) groups is 2. The molecule has 1 aromatic rings. The van der Waals surface area contributed by atoms with E-state index in [0.717, 1.165) is 25.7 Å². The van der Waals surface area contributed by atoms with Crippen LogP contribution in [0, 0.1) is 0 Å². The molecule has 1 fully saturated rings. The lowest BCUT2D eigenvalue weighted by Gasteiger charge is -2.30. The number of hydrogen-bond acceptors (Lipinski definition) is 2. The van der Waals surface area contributed by atoms with Crippen molar-refractivity contribution in [2.45, 2.75) is 38.1 Å². The largest absolute Gasteiger partial charge is 0.335 e. The minimum absolute atomic E-state index is 0.145. The Morgan fingerprint density at radius 1 is 1.19 bits per heavy atom. The second kappa shape index (κ2) is 7.14. The van der Waals surface area contributed by atoms with E-state index in [1.807, 2.05) is 0 Å². The molecule has 0 aliphatic heterocycles. The molecule has 0 bridgehead atoms. The monoisotopic (exact) mass is 328 g/mol. The number of rotatable bonds is 2. The van der Waals surface area contributed by atoms with E-state index in [1.54, 1.807) is 19.2 Å². The number of anilines is 1. The average Bonchev–Trinajstić information content (AvgIpc) is 2.50. The fraction of sp³-hybridized carbons (Fsp3) is 0.467. The minimum Gasteiger partial charge on any atom is -0.335 e. The van der Waals surface area contributed by atoms with Crippen molar-refractivity contribution < 1.29 is 9.59 Å². The topological polar surface area (TPSA) is 49.4 Å². The first-order valence-corrected chi connectivity index (χ1v) is 7.78. The molecule has 0 heterocycles. The zero-order valence-corrected chi connectivity index (χ0v) is 13.4. The molecule has 1 N–H and O–H groups in total. The third-order valence-electron chi connectivity index (χ3n) is 3.81. The number of nitrogens with one attached hydrogen (secondary N) is 1.